The fraction of sp³-hybridized carbons (Fsp3) is 0.385. The van der Waals surface area contributed by atoms with Crippen molar-refractivity contribution in [2.24, 2.45) is 0 Å². The summed E-state index contributed by atoms with van der Waals surface area (Å²) in [5, 5.41) is 0. The molecule has 160 valence electrons. The zero-order valence-corrected chi connectivity index (χ0v) is 18.9. The Morgan fingerprint density at radius 2 is 1.40 bits per heavy atom. The molecule has 0 bridgehead atoms. The summed E-state index contributed by atoms with van der Waals surface area (Å²) in [7, 11) is 0. The lowest BCUT2D eigenvalue weighted by Gasteiger charge is -2.12. The van der Waals surface area contributed by atoms with Crippen LogP contribution in [0, 0.1) is 0 Å². The number of hydrogen-bond acceptors (Lipinski definition) is 4. The van der Waals surface area contributed by atoms with E-state index >= 15 is 0 Å². The molecule has 0 saturated heterocycles. The van der Waals surface area contributed by atoms with E-state index in [2.05, 4.69) is 6.08 Å². The summed E-state index contributed by atoms with van der Waals surface area (Å²) in [6, 6.07) is 0. The Hall–Kier alpha value is -2.88. The first-order valence-corrected chi connectivity index (χ1v) is 10.2. The minimum Gasteiger partial charge on any atom is -0.290 e. The molecule has 0 radical (unpaired) electrons. The van der Waals surface area contributed by atoms with E-state index in [1.807, 2.05) is 40.7 Å². The second-order valence-electron chi connectivity index (χ2n) is 8.14. The predicted molar refractivity (Wildman–Crippen MR) is 121 cm³/mol. The number of carbonyl (C=O) groups excluding carboxylic acids is 4. The van der Waals surface area contributed by atoms with Gasteiger partial charge < -0.3 is 0 Å². The Kier molecular flexibility index (Phi) is 10.0. The summed E-state index contributed by atoms with van der Waals surface area (Å²) in [4.78, 5) is 50.0. The second kappa shape index (κ2) is 12.0. The molecule has 0 heterocycles. The predicted octanol–water partition coefficient (Wildman–Crippen LogP) is 5.51. The summed E-state index contributed by atoms with van der Waals surface area (Å²) < 4.78 is 0. The summed E-state index contributed by atoms with van der Waals surface area (Å²) in [5.74, 6) is -2.07. The smallest absolute Gasteiger partial charge is 0.200 e. The lowest BCUT2D eigenvalue weighted by atomic mass is 9.88. The second-order valence-corrected chi connectivity index (χ2v) is 8.14. The van der Waals surface area contributed by atoms with Gasteiger partial charge in [-0.25, -0.2) is 0 Å². The maximum atomic E-state index is 13.1. The molecular weight excluding hydrogens is 376 g/mol. The molecule has 0 aromatic carbocycles. The molecule has 0 amide bonds. The Balaban J connectivity index is 3.26. The molecule has 0 aromatic rings. The van der Waals surface area contributed by atoms with Gasteiger partial charge in [-0.3, -0.25) is 19.2 Å². The first kappa shape index (κ1) is 25.2. The average Bonchev–Trinajstić information content (AvgIpc) is 2.63. The van der Waals surface area contributed by atoms with Crippen LogP contribution < -0.4 is 0 Å². The minimum atomic E-state index is -0.675. The van der Waals surface area contributed by atoms with Crippen molar-refractivity contribution in [1.29, 1.82) is 0 Å². The summed E-state index contributed by atoms with van der Waals surface area (Å²) in [6.45, 7) is 11.6. The molecular formula is C26H32O4. The highest BCUT2D eigenvalue weighted by atomic mass is 16.2. The fourth-order valence-corrected chi connectivity index (χ4v) is 3.00. The van der Waals surface area contributed by atoms with Crippen molar-refractivity contribution in [3.8, 4) is 0 Å². The fourth-order valence-electron chi connectivity index (χ4n) is 3.00. The normalized spacial score (nSPS) is 14.7. The van der Waals surface area contributed by atoms with Crippen LogP contribution in [-0.2, 0) is 19.2 Å². The van der Waals surface area contributed by atoms with Crippen LogP contribution in [0.3, 0.4) is 0 Å². The summed E-state index contributed by atoms with van der Waals surface area (Å²) >= 11 is 0. The first-order chi connectivity index (χ1) is 14.0. The van der Waals surface area contributed by atoms with Crippen molar-refractivity contribution in [2.75, 3.05) is 0 Å². The van der Waals surface area contributed by atoms with Crippen molar-refractivity contribution < 1.29 is 19.2 Å². The molecule has 0 aromatic heterocycles. The highest BCUT2D eigenvalue weighted by Crippen LogP contribution is 2.21. The Labute approximate surface area is 179 Å². The lowest BCUT2D eigenvalue weighted by Crippen LogP contribution is -2.22. The quantitative estimate of drug-likeness (QED) is 0.157. The highest BCUT2D eigenvalue weighted by molar-refractivity contribution is 6.40. The number of Topliss-reactive ketones (excluding diaryl/α,β-unsaturated/α-hetero) is 1. The molecule has 0 saturated carbocycles. The van der Waals surface area contributed by atoms with Gasteiger partial charge >= 0.3 is 0 Å². The number of carbonyl (C=O) groups is 4. The molecule has 1 rings (SSSR count). The van der Waals surface area contributed by atoms with Crippen molar-refractivity contribution in [3.63, 3.8) is 0 Å². The Bertz CT molecular complexity index is 907. The van der Waals surface area contributed by atoms with Gasteiger partial charge in [-0.05, 0) is 85.5 Å². The molecule has 0 atom stereocenters. The van der Waals surface area contributed by atoms with E-state index in [0.717, 1.165) is 35.8 Å². The van der Waals surface area contributed by atoms with E-state index in [1.54, 1.807) is 6.92 Å². The third kappa shape index (κ3) is 8.24. The van der Waals surface area contributed by atoms with E-state index in [0.29, 0.717) is 24.8 Å². The number of rotatable bonds is 10. The summed E-state index contributed by atoms with van der Waals surface area (Å²) in [6.07, 6.45) is 11.6. The Morgan fingerprint density at radius 1 is 0.833 bits per heavy atom. The van der Waals surface area contributed by atoms with Crippen LogP contribution in [0.5, 0.6) is 0 Å². The van der Waals surface area contributed by atoms with Crippen LogP contribution >= 0.6 is 0 Å². The van der Waals surface area contributed by atoms with Gasteiger partial charge in [0, 0.05) is 6.08 Å². The standard InChI is InChI=1S/C26H32O4/c1-17(2)9-7-11-19(5)15-24(29)25(20(6)12-8-10-18(3)4)26(30)22-16-21(27)13-14-23(22)28/h9-10,13-16H,7-8,11-12H2,1-6H3/b19-15+,25-20+. The maximum absolute atomic E-state index is 13.1. The van der Waals surface area contributed by atoms with Gasteiger partial charge in [0.15, 0.2) is 17.3 Å². The average molecular weight is 409 g/mol. The molecule has 0 unspecified atom stereocenters. The summed E-state index contributed by atoms with van der Waals surface area (Å²) in [5.41, 5.74) is 3.58. The van der Waals surface area contributed by atoms with Crippen LogP contribution in [0.2, 0.25) is 0 Å². The zero-order chi connectivity index (χ0) is 22.8. The maximum Gasteiger partial charge on any atom is 0.200 e. The van der Waals surface area contributed by atoms with Gasteiger partial charge in [0.25, 0.3) is 0 Å². The largest absolute Gasteiger partial charge is 0.290 e. The van der Waals surface area contributed by atoms with Crippen LogP contribution in [0.4, 0.5) is 0 Å². The van der Waals surface area contributed by atoms with Gasteiger partial charge in [-0.15, -0.1) is 0 Å². The molecule has 0 fully saturated rings. The van der Waals surface area contributed by atoms with Crippen LogP contribution in [0.25, 0.3) is 0 Å². The van der Waals surface area contributed by atoms with E-state index in [4.69, 9.17) is 0 Å². The molecule has 0 aliphatic heterocycles. The van der Waals surface area contributed by atoms with Gasteiger partial charge in [0.05, 0.1) is 11.1 Å². The molecule has 1 aliphatic carbocycles. The van der Waals surface area contributed by atoms with Crippen molar-refractivity contribution in [3.05, 3.63) is 69.9 Å². The highest BCUT2D eigenvalue weighted by Gasteiger charge is 2.28. The molecule has 4 heteroatoms. The van der Waals surface area contributed by atoms with E-state index in [9.17, 15) is 19.2 Å². The van der Waals surface area contributed by atoms with Gasteiger partial charge in [0.2, 0.25) is 5.78 Å². The van der Waals surface area contributed by atoms with E-state index in [1.165, 1.54) is 11.6 Å². The number of hydrogen-bond donors (Lipinski definition) is 0. The number of allylic oxidation sites excluding steroid dienone is 12. The van der Waals surface area contributed by atoms with E-state index < -0.39 is 23.1 Å². The van der Waals surface area contributed by atoms with Gasteiger partial charge in [0.1, 0.15) is 0 Å². The van der Waals surface area contributed by atoms with Crippen molar-refractivity contribution in [1.82, 2.24) is 0 Å². The SMILES string of the molecule is CC(C)=CCC/C(C)=C/C(=O)/C(C(=O)C1=CC(=O)C=CC1=O)=C(/C)CCC=C(C)C. The molecule has 1 aliphatic rings. The molecule has 30 heavy (non-hydrogen) atoms. The monoisotopic (exact) mass is 408 g/mol. The topological polar surface area (TPSA) is 68.3 Å². The van der Waals surface area contributed by atoms with Crippen molar-refractivity contribution in [2.45, 2.75) is 67.2 Å². The Morgan fingerprint density at radius 3 is 1.97 bits per heavy atom. The van der Waals surface area contributed by atoms with Gasteiger partial charge in [-0.2, -0.15) is 0 Å². The third-order valence-electron chi connectivity index (χ3n) is 4.64. The zero-order valence-electron chi connectivity index (χ0n) is 18.9. The van der Waals surface area contributed by atoms with Crippen LogP contribution in [-0.4, -0.2) is 23.1 Å². The lowest BCUT2D eigenvalue weighted by molar-refractivity contribution is -0.120. The van der Waals surface area contributed by atoms with Crippen LogP contribution in [0.1, 0.15) is 67.2 Å². The van der Waals surface area contributed by atoms with Crippen molar-refractivity contribution >= 4 is 23.1 Å². The molecule has 0 N–H and O–H groups in total. The minimum absolute atomic E-state index is 0.0126. The molecule has 0 spiro atoms. The molecule has 4 nitrogen and oxygen atoms in total. The number of ketones is 4. The third-order valence-corrected chi connectivity index (χ3v) is 4.64. The van der Waals surface area contributed by atoms with Gasteiger partial charge in [-0.1, -0.05) is 34.4 Å². The first-order valence-electron chi connectivity index (χ1n) is 10.2. The van der Waals surface area contributed by atoms with E-state index in [-0.39, 0.29) is 11.1 Å². The van der Waals surface area contributed by atoms with Crippen LogP contribution in [0.15, 0.2) is 69.9 Å².